The van der Waals surface area contributed by atoms with E-state index in [1.165, 1.54) is 0 Å². The lowest BCUT2D eigenvalue weighted by Gasteiger charge is -2.23. The maximum atomic E-state index is 11.7. The van der Waals surface area contributed by atoms with E-state index in [0.29, 0.717) is 10.7 Å². The summed E-state index contributed by atoms with van der Waals surface area (Å²) in [6.07, 6.45) is 1.05. The van der Waals surface area contributed by atoms with Gasteiger partial charge in [0.1, 0.15) is 10.8 Å². The van der Waals surface area contributed by atoms with E-state index in [-0.39, 0.29) is 6.54 Å². The zero-order valence-electron chi connectivity index (χ0n) is 10.7. The molecule has 1 aromatic heterocycles. The molecule has 1 rings (SSSR count). The summed E-state index contributed by atoms with van der Waals surface area (Å²) in [6.45, 7) is 5.59. The van der Waals surface area contributed by atoms with Gasteiger partial charge in [0.25, 0.3) is 0 Å². The molecule has 1 aromatic rings. The third-order valence-electron chi connectivity index (χ3n) is 2.09. The molecule has 0 aromatic carbocycles. The molecule has 0 aliphatic carbocycles. The van der Waals surface area contributed by atoms with Crippen molar-refractivity contribution in [1.29, 1.82) is 0 Å². The SMILES string of the molecule is CC(C)(C)OC(=O)NC(CN)c1cccnc1Cl. The number of pyridine rings is 1. The number of aromatic nitrogens is 1. The van der Waals surface area contributed by atoms with Crippen LogP contribution in [-0.4, -0.2) is 23.2 Å². The lowest BCUT2D eigenvalue weighted by atomic mass is 10.1. The van der Waals surface area contributed by atoms with Crippen LogP contribution in [-0.2, 0) is 4.74 Å². The van der Waals surface area contributed by atoms with Crippen molar-refractivity contribution in [3.63, 3.8) is 0 Å². The zero-order valence-corrected chi connectivity index (χ0v) is 11.5. The predicted octanol–water partition coefficient (Wildman–Crippen LogP) is 2.26. The average Bonchev–Trinajstić information content (AvgIpc) is 2.24. The molecule has 0 bridgehead atoms. The maximum absolute atomic E-state index is 11.7. The van der Waals surface area contributed by atoms with Crippen LogP contribution >= 0.6 is 11.6 Å². The highest BCUT2D eigenvalue weighted by Crippen LogP contribution is 2.20. The lowest BCUT2D eigenvalue weighted by Crippen LogP contribution is -2.37. The standard InChI is InChI=1S/C12H18ClN3O2/c1-12(2,3)18-11(17)16-9(7-14)8-5-4-6-15-10(8)13/h4-6,9H,7,14H2,1-3H3,(H,16,17). The predicted molar refractivity (Wildman–Crippen MR) is 70.4 cm³/mol. The minimum atomic E-state index is -0.554. The van der Waals surface area contributed by atoms with Gasteiger partial charge in [0.15, 0.2) is 0 Å². The van der Waals surface area contributed by atoms with E-state index in [1.54, 1.807) is 39.1 Å². The van der Waals surface area contributed by atoms with E-state index in [9.17, 15) is 4.79 Å². The Bertz CT molecular complexity index is 418. The van der Waals surface area contributed by atoms with Gasteiger partial charge >= 0.3 is 6.09 Å². The Labute approximate surface area is 112 Å². The van der Waals surface area contributed by atoms with Crippen molar-refractivity contribution in [2.75, 3.05) is 6.54 Å². The second-order valence-electron chi connectivity index (χ2n) is 4.82. The number of nitrogens with zero attached hydrogens (tertiary/aromatic N) is 1. The maximum Gasteiger partial charge on any atom is 0.408 e. The molecule has 0 aliphatic heterocycles. The second kappa shape index (κ2) is 6.02. The highest BCUT2D eigenvalue weighted by molar-refractivity contribution is 6.30. The number of nitrogens with one attached hydrogen (secondary N) is 1. The average molecular weight is 272 g/mol. The lowest BCUT2D eigenvalue weighted by molar-refractivity contribution is 0.0505. The van der Waals surface area contributed by atoms with E-state index in [0.717, 1.165) is 0 Å². The first kappa shape index (κ1) is 14.7. The van der Waals surface area contributed by atoms with Crippen molar-refractivity contribution in [3.05, 3.63) is 29.0 Å². The van der Waals surface area contributed by atoms with Crippen molar-refractivity contribution < 1.29 is 9.53 Å². The Morgan fingerprint density at radius 3 is 2.78 bits per heavy atom. The van der Waals surface area contributed by atoms with E-state index < -0.39 is 17.7 Å². The van der Waals surface area contributed by atoms with Crippen molar-refractivity contribution in [1.82, 2.24) is 10.3 Å². The van der Waals surface area contributed by atoms with Gasteiger partial charge in [-0.25, -0.2) is 9.78 Å². The van der Waals surface area contributed by atoms with Crippen LogP contribution in [0.4, 0.5) is 4.79 Å². The number of amides is 1. The Morgan fingerprint density at radius 2 is 2.28 bits per heavy atom. The highest BCUT2D eigenvalue weighted by Gasteiger charge is 2.21. The molecule has 0 aliphatic rings. The first-order valence-electron chi connectivity index (χ1n) is 5.63. The van der Waals surface area contributed by atoms with Crippen LogP contribution in [0, 0.1) is 0 Å². The van der Waals surface area contributed by atoms with Crippen molar-refractivity contribution in [2.24, 2.45) is 5.73 Å². The number of carbonyl (C=O) groups excluding carboxylic acids is 1. The first-order valence-corrected chi connectivity index (χ1v) is 6.01. The van der Waals surface area contributed by atoms with Gasteiger partial charge in [0, 0.05) is 18.3 Å². The minimum Gasteiger partial charge on any atom is -0.444 e. The number of rotatable bonds is 3. The normalized spacial score (nSPS) is 12.9. The summed E-state index contributed by atoms with van der Waals surface area (Å²) in [6, 6.07) is 3.09. The summed E-state index contributed by atoms with van der Waals surface area (Å²) < 4.78 is 5.16. The van der Waals surface area contributed by atoms with Crippen LogP contribution in [0.3, 0.4) is 0 Å². The van der Waals surface area contributed by atoms with E-state index in [4.69, 9.17) is 22.1 Å². The molecule has 1 heterocycles. The Balaban J connectivity index is 2.74. The minimum absolute atomic E-state index is 0.213. The summed E-state index contributed by atoms with van der Waals surface area (Å²) in [5.74, 6) is 0. The molecule has 100 valence electrons. The molecule has 6 heteroatoms. The van der Waals surface area contributed by atoms with Gasteiger partial charge in [-0.05, 0) is 26.8 Å². The summed E-state index contributed by atoms with van der Waals surface area (Å²) in [5.41, 5.74) is 5.75. The van der Waals surface area contributed by atoms with Crippen molar-refractivity contribution in [2.45, 2.75) is 32.4 Å². The molecule has 3 N–H and O–H groups in total. The number of ether oxygens (including phenoxy) is 1. The fourth-order valence-corrected chi connectivity index (χ4v) is 1.62. The first-order chi connectivity index (χ1) is 8.33. The molecule has 5 nitrogen and oxygen atoms in total. The highest BCUT2D eigenvalue weighted by atomic mass is 35.5. The van der Waals surface area contributed by atoms with Crippen LogP contribution in [0.1, 0.15) is 32.4 Å². The van der Waals surface area contributed by atoms with Gasteiger partial charge in [-0.2, -0.15) is 0 Å². The molecule has 0 spiro atoms. The Morgan fingerprint density at radius 1 is 1.61 bits per heavy atom. The van der Waals surface area contributed by atoms with Gasteiger partial charge in [-0.3, -0.25) is 0 Å². The molecular weight excluding hydrogens is 254 g/mol. The molecule has 1 atom stereocenters. The molecule has 18 heavy (non-hydrogen) atoms. The van der Waals surface area contributed by atoms with E-state index in [2.05, 4.69) is 10.3 Å². The largest absolute Gasteiger partial charge is 0.444 e. The van der Waals surface area contributed by atoms with Crippen molar-refractivity contribution in [3.8, 4) is 0 Å². The third-order valence-corrected chi connectivity index (χ3v) is 2.41. The summed E-state index contributed by atoms with van der Waals surface area (Å²) >= 11 is 5.96. The van der Waals surface area contributed by atoms with Crippen LogP contribution in [0.2, 0.25) is 5.15 Å². The van der Waals surface area contributed by atoms with E-state index >= 15 is 0 Å². The zero-order chi connectivity index (χ0) is 13.8. The van der Waals surface area contributed by atoms with Crippen LogP contribution in [0.15, 0.2) is 18.3 Å². The fraction of sp³-hybridized carbons (Fsp3) is 0.500. The quantitative estimate of drug-likeness (QED) is 0.827. The molecule has 0 fully saturated rings. The van der Waals surface area contributed by atoms with E-state index in [1.807, 2.05) is 0 Å². The van der Waals surface area contributed by atoms with Gasteiger partial charge in [-0.1, -0.05) is 17.7 Å². The van der Waals surface area contributed by atoms with Gasteiger partial charge < -0.3 is 15.8 Å². The number of halogens is 1. The molecular formula is C12H18ClN3O2. The number of hydrogen-bond donors (Lipinski definition) is 2. The van der Waals surface area contributed by atoms with Crippen LogP contribution < -0.4 is 11.1 Å². The summed E-state index contributed by atoms with van der Waals surface area (Å²) in [4.78, 5) is 15.6. The molecule has 1 unspecified atom stereocenters. The molecule has 1 amide bonds. The molecule has 0 saturated heterocycles. The number of alkyl carbamates (subject to hydrolysis) is 1. The van der Waals surface area contributed by atoms with Gasteiger partial charge in [-0.15, -0.1) is 0 Å². The third kappa shape index (κ3) is 4.50. The van der Waals surface area contributed by atoms with Crippen LogP contribution in [0.5, 0.6) is 0 Å². The summed E-state index contributed by atoms with van der Waals surface area (Å²) in [5, 5.41) is 2.99. The smallest absolute Gasteiger partial charge is 0.408 e. The van der Waals surface area contributed by atoms with Gasteiger partial charge in [0.05, 0.1) is 6.04 Å². The number of carbonyl (C=O) groups is 1. The second-order valence-corrected chi connectivity index (χ2v) is 5.18. The molecule has 0 radical (unpaired) electrons. The Kier molecular flexibility index (Phi) is 4.93. The van der Waals surface area contributed by atoms with Gasteiger partial charge in [0.2, 0.25) is 0 Å². The molecule has 0 saturated carbocycles. The fourth-order valence-electron chi connectivity index (χ4n) is 1.37. The summed E-state index contributed by atoms with van der Waals surface area (Å²) in [7, 11) is 0. The number of nitrogens with two attached hydrogens (primary N) is 1. The number of hydrogen-bond acceptors (Lipinski definition) is 4. The Hall–Kier alpha value is -1.33. The topological polar surface area (TPSA) is 77.2 Å². The monoisotopic (exact) mass is 271 g/mol. The van der Waals surface area contributed by atoms with Crippen LogP contribution in [0.25, 0.3) is 0 Å². The van der Waals surface area contributed by atoms with Crippen molar-refractivity contribution >= 4 is 17.7 Å².